The van der Waals surface area contributed by atoms with Crippen LogP contribution in [0.25, 0.3) is 5.57 Å². The number of benzene rings is 2. The van der Waals surface area contributed by atoms with Crippen molar-refractivity contribution in [3.05, 3.63) is 71.3 Å². The maximum absolute atomic E-state index is 6.22. The van der Waals surface area contributed by atoms with Crippen molar-refractivity contribution in [1.82, 2.24) is 5.32 Å². The van der Waals surface area contributed by atoms with Crippen molar-refractivity contribution < 1.29 is 4.74 Å². The lowest BCUT2D eigenvalue weighted by molar-refractivity contribution is 0.304. The molecule has 0 amide bonds. The Kier molecular flexibility index (Phi) is 8.64. The van der Waals surface area contributed by atoms with Crippen LogP contribution in [0, 0.1) is 0 Å². The summed E-state index contributed by atoms with van der Waals surface area (Å²) in [5.41, 5.74) is 5.58. The third-order valence-electron chi connectivity index (χ3n) is 5.40. The molecule has 0 spiro atoms. The van der Waals surface area contributed by atoms with Gasteiger partial charge in [-0.2, -0.15) is 0 Å². The second-order valence-corrected chi connectivity index (χ2v) is 7.77. The zero-order chi connectivity index (χ0) is 19.4. The van der Waals surface area contributed by atoms with Gasteiger partial charge in [-0.15, -0.1) is 0 Å². The molecule has 2 aromatic rings. The van der Waals surface area contributed by atoms with Crippen molar-refractivity contribution in [3.8, 4) is 5.75 Å². The van der Waals surface area contributed by atoms with Gasteiger partial charge < -0.3 is 10.1 Å². The molecule has 0 fully saturated rings. The minimum absolute atomic E-state index is 0.808. The topological polar surface area (TPSA) is 21.3 Å². The summed E-state index contributed by atoms with van der Waals surface area (Å²) >= 11 is 0. The second-order valence-electron chi connectivity index (χ2n) is 7.77. The molecule has 0 saturated heterocycles. The molecule has 150 valence electrons. The summed E-state index contributed by atoms with van der Waals surface area (Å²) in [5.74, 6) is 1.07. The van der Waals surface area contributed by atoms with E-state index in [2.05, 4.69) is 66.8 Å². The van der Waals surface area contributed by atoms with E-state index in [1.807, 2.05) is 0 Å². The average Bonchev–Trinajstić information content (AvgIpc) is 3.27. The zero-order valence-electron chi connectivity index (χ0n) is 17.4. The fourth-order valence-corrected chi connectivity index (χ4v) is 3.82. The van der Waals surface area contributed by atoms with Crippen LogP contribution < -0.4 is 10.1 Å². The van der Waals surface area contributed by atoms with Gasteiger partial charge in [-0.05, 0) is 86.7 Å². The fourth-order valence-electron chi connectivity index (χ4n) is 3.82. The summed E-state index contributed by atoms with van der Waals surface area (Å²) in [6.07, 6.45) is 11.9. The number of unbranched alkanes of at least 4 members (excludes halogenated alkanes) is 2. The minimum Gasteiger partial charge on any atom is -0.493 e. The molecule has 1 N–H and O–H groups in total. The van der Waals surface area contributed by atoms with E-state index in [0.717, 1.165) is 31.9 Å². The normalized spacial score (nSPS) is 13.5. The maximum Gasteiger partial charge on any atom is 0.126 e. The second kappa shape index (κ2) is 11.7. The number of aryl methyl sites for hydroxylation is 1. The molecule has 0 unspecified atom stereocenters. The molecule has 0 saturated carbocycles. The van der Waals surface area contributed by atoms with E-state index < -0.39 is 0 Å². The summed E-state index contributed by atoms with van der Waals surface area (Å²) < 4.78 is 6.22. The number of ether oxygens (including phenoxy) is 1. The highest BCUT2D eigenvalue weighted by atomic mass is 16.5. The largest absolute Gasteiger partial charge is 0.493 e. The molecule has 0 atom stereocenters. The lowest BCUT2D eigenvalue weighted by Gasteiger charge is -2.15. The molecule has 2 nitrogen and oxygen atoms in total. The molecule has 0 heterocycles. The van der Waals surface area contributed by atoms with Crippen molar-refractivity contribution in [2.75, 3.05) is 13.2 Å². The quantitative estimate of drug-likeness (QED) is 0.424. The average molecular weight is 378 g/mol. The molecular weight excluding hydrogens is 342 g/mol. The van der Waals surface area contributed by atoms with Crippen LogP contribution in [-0.4, -0.2) is 13.2 Å². The predicted octanol–water partition coefficient (Wildman–Crippen LogP) is 6.55. The first-order valence-electron chi connectivity index (χ1n) is 11.1. The van der Waals surface area contributed by atoms with Crippen molar-refractivity contribution in [2.45, 2.75) is 64.8 Å². The highest BCUT2D eigenvalue weighted by Crippen LogP contribution is 2.34. The van der Waals surface area contributed by atoms with Gasteiger partial charge in [0, 0.05) is 12.1 Å². The SMILES string of the molecule is CCCNCc1ccc(OCCCCCc2ccccc2)c(C2=CCCC2)c1. The van der Waals surface area contributed by atoms with Gasteiger partial charge in [0.1, 0.15) is 5.75 Å². The molecular formula is C26H35NO. The van der Waals surface area contributed by atoms with Gasteiger partial charge in [0.05, 0.1) is 6.61 Å². The Morgan fingerprint density at radius 1 is 0.964 bits per heavy atom. The minimum atomic E-state index is 0.808. The molecule has 0 aromatic heterocycles. The third kappa shape index (κ3) is 6.53. The van der Waals surface area contributed by atoms with Crippen LogP contribution in [0.1, 0.15) is 68.6 Å². The lowest BCUT2D eigenvalue weighted by Crippen LogP contribution is -2.14. The van der Waals surface area contributed by atoms with Gasteiger partial charge in [-0.3, -0.25) is 0 Å². The Balaban J connectivity index is 1.49. The first-order chi connectivity index (χ1) is 13.9. The summed E-state index contributed by atoms with van der Waals surface area (Å²) in [4.78, 5) is 0. The Labute approximate surface area is 171 Å². The van der Waals surface area contributed by atoms with Crippen LogP contribution in [0.5, 0.6) is 5.75 Å². The van der Waals surface area contributed by atoms with Gasteiger partial charge >= 0.3 is 0 Å². The number of hydrogen-bond donors (Lipinski definition) is 1. The molecule has 0 aliphatic heterocycles. The number of nitrogens with one attached hydrogen (secondary N) is 1. The van der Waals surface area contributed by atoms with Crippen molar-refractivity contribution >= 4 is 5.57 Å². The van der Waals surface area contributed by atoms with Crippen LogP contribution >= 0.6 is 0 Å². The monoisotopic (exact) mass is 377 g/mol. The fraction of sp³-hybridized carbons (Fsp3) is 0.462. The standard InChI is InChI=1S/C26H35NO/c1-2-18-27-21-23-16-17-26(25(20-23)24-14-8-9-15-24)28-19-10-4-7-13-22-11-5-3-6-12-22/h3,5-6,11-12,14,16-17,20,27H,2,4,7-10,13,15,18-19,21H2,1H3. The maximum atomic E-state index is 6.22. The van der Waals surface area contributed by atoms with Crippen molar-refractivity contribution in [2.24, 2.45) is 0 Å². The molecule has 0 bridgehead atoms. The van der Waals surface area contributed by atoms with Gasteiger partial charge in [0.2, 0.25) is 0 Å². The van der Waals surface area contributed by atoms with Crippen LogP contribution in [0.15, 0.2) is 54.6 Å². The van der Waals surface area contributed by atoms with Gasteiger partial charge in [-0.25, -0.2) is 0 Å². The van der Waals surface area contributed by atoms with E-state index in [1.54, 1.807) is 0 Å². The van der Waals surface area contributed by atoms with Gasteiger partial charge in [0.25, 0.3) is 0 Å². The number of allylic oxidation sites excluding steroid dienone is 2. The van der Waals surface area contributed by atoms with Gasteiger partial charge in [-0.1, -0.05) is 49.4 Å². The summed E-state index contributed by atoms with van der Waals surface area (Å²) in [6, 6.07) is 17.5. The Hall–Kier alpha value is -2.06. The van der Waals surface area contributed by atoms with Crippen molar-refractivity contribution in [3.63, 3.8) is 0 Å². The van der Waals surface area contributed by atoms with Gasteiger partial charge in [0.15, 0.2) is 0 Å². The van der Waals surface area contributed by atoms with E-state index >= 15 is 0 Å². The summed E-state index contributed by atoms with van der Waals surface area (Å²) in [5, 5.41) is 3.51. The van der Waals surface area contributed by atoms with Crippen LogP contribution in [0.2, 0.25) is 0 Å². The lowest BCUT2D eigenvalue weighted by atomic mass is 10.0. The third-order valence-corrected chi connectivity index (χ3v) is 5.40. The number of rotatable bonds is 12. The first kappa shape index (κ1) is 20.7. The van der Waals surface area contributed by atoms with E-state index in [0.29, 0.717) is 0 Å². The zero-order valence-corrected chi connectivity index (χ0v) is 17.4. The predicted molar refractivity (Wildman–Crippen MR) is 120 cm³/mol. The van der Waals surface area contributed by atoms with E-state index in [9.17, 15) is 0 Å². The molecule has 2 heteroatoms. The highest BCUT2D eigenvalue weighted by Gasteiger charge is 2.13. The molecule has 28 heavy (non-hydrogen) atoms. The van der Waals surface area contributed by atoms with Crippen LogP contribution in [0.3, 0.4) is 0 Å². The molecule has 0 radical (unpaired) electrons. The number of hydrogen-bond acceptors (Lipinski definition) is 2. The van der Waals surface area contributed by atoms with Crippen molar-refractivity contribution in [1.29, 1.82) is 0 Å². The van der Waals surface area contributed by atoms with Crippen LogP contribution in [0.4, 0.5) is 0 Å². The van der Waals surface area contributed by atoms with Crippen LogP contribution in [-0.2, 0) is 13.0 Å². The Morgan fingerprint density at radius 2 is 1.86 bits per heavy atom. The molecule has 1 aliphatic carbocycles. The molecule has 3 rings (SSSR count). The highest BCUT2D eigenvalue weighted by molar-refractivity contribution is 5.72. The summed E-state index contributed by atoms with van der Waals surface area (Å²) in [7, 11) is 0. The molecule has 2 aromatic carbocycles. The Bertz CT molecular complexity index is 735. The van der Waals surface area contributed by atoms with E-state index in [1.165, 1.54) is 67.2 Å². The smallest absolute Gasteiger partial charge is 0.126 e. The summed E-state index contributed by atoms with van der Waals surface area (Å²) in [6.45, 7) is 5.02. The van der Waals surface area contributed by atoms with E-state index in [4.69, 9.17) is 4.74 Å². The van der Waals surface area contributed by atoms with E-state index in [-0.39, 0.29) is 0 Å². The first-order valence-corrected chi connectivity index (χ1v) is 11.1. The molecule has 1 aliphatic rings. The Morgan fingerprint density at radius 3 is 2.64 bits per heavy atom.